The van der Waals surface area contributed by atoms with Crippen LogP contribution in [-0.2, 0) is 14.8 Å². The summed E-state index contributed by atoms with van der Waals surface area (Å²) in [4.78, 5) is 12.8. The number of hydrogen-bond donors (Lipinski definition) is 1. The van der Waals surface area contributed by atoms with Crippen LogP contribution in [0, 0.1) is 5.82 Å². The Morgan fingerprint density at radius 1 is 1.07 bits per heavy atom. The highest BCUT2D eigenvalue weighted by molar-refractivity contribution is 7.92. The monoisotopic (exact) mass is 424 g/mol. The van der Waals surface area contributed by atoms with Crippen molar-refractivity contribution in [2.75, 3.05) is 24.8 Å². The molecule has 0 aliphatic rings. The maximum Gasteiger partial charge on any atom is 0.244 e. The fourth-order valence-corrected chi connectivity index (χ4v) is 4.16. The van der Waals surface area contributed by atoms with Gasteiger partial charge in [0.05, 0.1) is 32.2 Å². The highest BCUT2D eigenvalue weighted by Crippen LogP contribution is 2.29. The zero-order chi connectivity index (χ0) is 21.8. The van der Waals surface area contributed by atoms with Gasteiger partial charge in [0.2, 0.25) is 15.9 Å². The largest absolute Gasteiger partial charge is 0.497 e. The number of amides is 1. The Morgan fingerprint density at radius 3 is 2.21 bits per heavy atom. The predicted octanol–water partition coefficient (Wildman–Crippen LogP) is 2.87. The summed E-state index contributed by atoms with van der Waals surface area (Å²) in [7, 11) is -0.746. The van der Waals surface area contributed by atoms with Crippen molar-refractivity contribution in [1.82, 2.24) is 5.32 Å². The van der Waals surface area contributed by atoms with Crippen molar-refractivity contribution >= 4 is 21.6 Å². The van der Waals surface area contributed by atoms with Crippen LogP contribution in [0.3, 0.4) is 0 Å². The molecule has 0 heterocycles. The molecule has 0 aliphatic heterocycles. The molecular formula is C20H25FN2O5S. The van der Waals surface area contributed by atoms with Crippen LogP contribution in [0.5, 0.6) is 11.5 Å². The first-order valence-corrected chi connectivity index (χ1v) is 10.7. The normalized spacial score (nSPS) is 13.3. The molecule has 0 fully saturated rings. The summed E-state index contributed by atoms with van der Waals surface area (Å²) in [6, 6.07) is 8.57. The Balaban J connectivity index is 2.29. The van der Waals surface area contributed by atoms with Crippen molar-refractivity contribution in [3.63, 3.8) is 0 Å². The Labute approximate surface area is 170 Å². The average Bonchev–Trinajstić information content (AvgIpc) is 2.67. The lowest BCUT2D eigenvalue weighted by Crippen LogP contribution is -2.48. The van der Waals surface area contributed by atoms with Gasteiger partial charge in [0.25, 0.3) is 0 Å². The molecule has 1 N–H and O–H groups in total. The van der Waals surface area contributed by atoms with Crippen molar-refractivity contribution < 1.29 is 27.1 Å². The van der Waals surface area contributed by atoms with Gasteiger partial charge >= 0.3 is 0 Å². The van der Waals surface area contributed by atoms with Crippen LogP contribution < -0.4 is 19.1 Å². The number of benzene rings is 2. The van der Waals surface area contributed by atoms with Crippen LogP contribution in [0.15, 0.2) is 42.5 Å². The fourth-order valence-electron chi connectivity index (χ4n) is 2.99. The van der Waals surface area contributed by atoms with Crippen molar-refractivity contribution in [3.05, 3.63) is 53.8 Å². The lowest BCUT2D eigenvalue weighted by atomic mass is 10.1. The van der Waals surface area contributed by atoms with Gasteiger partial charge in [0.15, 0.2) is 0 Å². The van der Waals surface area contributed by atoms with Crippen molar-refractivity contribution in [2.24, 2.45) is 0 Å². The van der Waals surface area contributed by atoms with E-state index in [1.54, 1.807) is 25.1 Å². The van der Waals surface area contributed by atoms with E-state index in [4.69, 9.17) is 9.47 Å². The minimum Gasteiger partial charge on any atom is -0.497 e. The smallest absolute Gasteiger partial charge is 0.244 e. The maximum atomic E-state index is 13.2. The number of anilines is 1. The molecule has 0 spiro atoms. The van der Waals surface area contributed by atoms with E-state index in [1.165, 1.54) is 33.3 Å². The molecule has 0 aromatic heterocycles. The number of nitrogens with one attached hydrogen (secondary N) is 1. The third kappa shape index (κ3) is 5.38. The maximum absolute atomic E-state index is 13.2. The number of rotatable bonds is 8. The van der Waals surface area contributed by atoms with Gasteiger partial charge in [0, 0.05) is 5.56 Å². The van der Waals surface area contributed by atoms with E-state index in [0.717, 1.165) is 22.7 Å². The standard InChI is InChI=1S/C20H25FN2O5S/c1-13(18-12-17(27-3)10-11-19(18)28-4)22-20(24)14(2)23(29(5,25)26)16-8-6-15(21)7-9-16/h6-14H,1-5H3,(H,22,24)/t13-,14-/m0/s1. The van der Waals surface area contributed by atoms with Gasteiger partial charge in [-0.3, -0.25) is 9.10 Å². The number of halogens is 1. The molecule has 9 heteroatoms. The van der Waals surface area contributed by atoms with Gasteiger partial charge in [-0.2, -0.15) is 0 Å². The second-order valence-electron chi connectivity index (χ2n) is 6.55. The number of carbonyl (C=O) groups excluding carboxylic acids is 1. The Hall–Kier alpha value is -2.81. The molecule has 7 nitrogen and oxygen atoms in total. The van der Waals surface area contributed by atoms with Crippen LogP contribution in [-0.4, -0.2) is 40.8 Å². The van der Waals surface area contributed by atoms with E-state index in [2.05, 4.69) is 5.32 Å². The van der Waals surface area contributed by atoms with E-state index in [-0.39, 0.29) is 5.69 Å². The first-order valence-electron chi connectivity index (χ1n) is 8.85. The van der Waals surface area contributed by atoms with Crippen LogP contribution in [0.25, 0.3) is 0 Å². The topological polar surface area (TPSA) is 84.9 Å². The molecule has 0 aliphatic carbocycles. The van der Waals surface area contributed by atoms with E-state index in [9.17, 15) is 17.6 Å². The molecular weight excluding hydrogens is 399 g/mol. The molecule has 2 aromatic rings. The molecule has 1 amide bonds. The summed E-state index contributed by atoms with van der Waals surface area (Å²) in [5, 5.41) is 2.80. The number of ether oxygens (including phenoxy) is 2. The van der Waals surface area contributed by atoms with Crippen molar-refractivity contribution in [1.29, 1.82) is 0 Å². The zero-order valence-electron chi connectivity index (χ0n) is 17.0. The van der Waals surface area contributed by atoms with Gasteiger partial charge in [-0.05, 0) is 56.3 Å². The van der Waals surface area contributed by atoms with Gasteiger partial charge < -0.3 is 14.8 Å². The molecule has 0 saturated heterocycles. The van der Waals surface area contributed by atoms with E-state index in [1.807, 2.05) is 0 Å². The van der Waals surface area contributed by atoms with Crippen molar-refractivity contribution in [3.8, 4) is 11.5 Å². The average molecular weight is 424 g/mol. The lowest BCUT2D eigenvalue weighted by Gasteiger charge is -2.29. The highest BCUT2D eigenvalue weighted by Gasteiger charge is 2.30. The van der Waals surface area contributed by atoms with Crippen LogP contribution >= 0.6 is 0 Å². The summed E-state index contributed by atoms with van der Waals surface area (Å²) in [6.45, 7) is 3.22. The third-order valence-corrected chi connectivity index (χ3v) is 5.67. The summed E-state index contributed by atoms with van der Waals surface area (Å²) in [6.07, 6.45) is 0.995. The van der Waals surface area contributed by atoms with Gasteiger partial charge in [0.1, 0.15) is 23.4 Å². The molecule has 2 atom stereocenters. The van der Waals surface area contributed by atoms with E-state index >= 15 is 0 Å². The molecule has 0 bridgehead atoms. The predicted molar refractivity (Wildman–Crippen MR) is 109 cm³/mol. The molecule has 0 unspecified atom stereocenters. The third-order valence-electron chi connectivity index (χ3n) is 4.43. The number of nitrogens with zero attached hydrogens (tertiary/aromatic N) is 1. The van der Waals surface area contributed by atoms with E-state index < -0.39 is 33.8 Å². The number of carbonyl (C=O) groups is 1. The quantitative estimate of drug-likeness (QED) is 0.704. The first kappa shape index (κ1) is 22.5. The zero-order valence-corrected chi connectivity index (χ0v) is 17.8. The summed E-state index contributed by atoms with van der Waals surface area (Å²) < 4.78 is 49.4. The minimum atomic E-state index is -3.79. The summed E-state index contributed by atoms with van der Waals surface area (Å²) in [5.74, 6) is 0.138. The summed E-state index contributed by atoms with van der Waals surface area (Å²) >= 11 is 0. The number of hydrogen-bond acceptors (Lipinski definition) is 5. The molecule has 0 radical (unpaired) electrons. The van der Waals surface area contributed by atoms with Crippen molar-refractivity contribution in [2.45, 2.75) is 25.9 Å². The molecule has 0 saturated carbocycles. The van der Waals surface area contributed by atoms with Gasteiger partial charge in [-0.1, -0.05) is 0 Å². The number of methoxy groups -OCH3 is 2. The first-order chi connectivity index (χ1) is 13.6. The highest BCUT2D eigenvalue weighted by atomic mass is 32.2. The lowest BCUT2D eigenvalue weighted by molar-refractivity contribution is -0.122. The van der Waals surface area contributed by atoms with Crippen LogP contribution in [0.4, 0.5) is 10.1 Å². The second kappa shape index (κ2) is 9.13. The molecule has 158 valence electrons. The SMILES string of the molecule is COc1ccc(OC)c([C@H](C)NC(=O)[C@H](C)N(c2ccc(F)cc2)S(C)(=O)=O)c1. The van der Waals surface area contributed by atoms with Gasteiger partial charge in [-0.25, -0.2) is 12.8 Å². The Morgan fingerprint density at radius 2 is 1.69 bits per heavy atom. The summed E-state index contributed by atoms with van der Waals surface area (Å²) in [5.41, 5.74) is 0.878. The van der Waals surface area contributed by atoms with Crippen LogP contribution in [0.1, 0.15) is 25.5 Å². The Kier molecular flexibility index (Phi) is 7.07. The van der Waals surface area contributed by atoms with Crippen LogP contribution in [0.2, 0.25) is 0 Å². The second-order valence-corrected chi connectivity index (χ2v) is 8.41. The molecule has 29 heavy (non-hydrogen) atoms. The molecule has 2 rings (SSSR count). The number of sulfonamides is 1. The van der Waals surface area contributed by atoms with Gasteiger partial charge in [-0.15, -0.1) is 0 Å². The fraction of sp³-hybridized carbons (Fsp3) is 0.350. The minimum absolute atomic E-state index is 0.197. The van der Waals surface area contributed by atoms with E-state index in [0.29, 0.717) is 17.1 Å². The Bertz CT molecular complexity index is 963. The molecule has 2 aromatic carbocycles.